The molecule has 1 atom stereocenters. The maximum atomic E-state index is 2.52. The number of hydrogen-bond acceptors (Lipinski definition) is 0. The van der Waals surface area contributed by atoms with E-state index in [4.69, 9.17) is 0 Å². The second-order valence-electron chi connectivity index (χ2n) is 6.61. The minimum absolute atomic E-state index is 0.945. The van der Waals surface area contributed by atoms with E-state index in [-0.39, 0.29) is 0 Å². The Bertz CT molecular complexity index is 214. The summed E-state index contributed by atoms with van der Waals surface area (Å²) >= 11 is 0. The van der Waals surface area contributed by atoms with Crippen molar-refractivity contribution in [2.24, 2.45) is 5.92 Å². The van der Waals surface area contributed by atoms with Gasteiger partial charge in [-0.25, -0.2) is 0 Å². The van der Waals surface area contributed by atoms with E-state index in [2.05, 4.69) is 33.8 Å². The van der Waals surface area contributed by atoms with Gasteiger partial charge in [-0.15, -0.1) is 0 Å². The number of allylic oxidation sites excluding steroid dienone is 2. The molecule has 0 aromatic rings. The van der Waals surface area contributed by atoms with Crippen LogP contribution >= 0.6 is 0 Å². The van der Waals surface area contributed by atoms with Gasteiger partial charge in [-0.3, -0.25) is 0 Å². The molecule has 0 fully saturated rings. The molecule has 0 amide bonds. The normalized spacial score (nSPS) is 13.7. The Labute approximate surface area is 129 Å². The van der Waals surface area contributed by atoms with Crippen molar-refractivity contribution in [1.82, 2.24) is 0 Å². The summed E-state index contributed by atoms with van der Waals surface area (Å²) in [6, 6.07) is 0. The topological polar surface area (TPSA) is 0 Å². The summed E-state index contributed by atoms with van der Waals surface area (Å²) in [7, 11) is 0. The van der Waals surface area contributed by atoms with E-state index in [1.54, 1.807) is 5.57 Å². The standard InChI is InChI=1S/C20H40/c1-5-8-10-11-12-13-14-16-19(4)18-20(15-7-3)17-9-6-2/h16,20H,5-15,17-18H2,1-4H3. The minimum atomic E-state index is 0.945. The first-order valence-electron chi connectivity index (χ1n) is 9.40. The Morgan fingerprint density at radius 1 is 0.750 bits per heavy atom. The molecule has 0 spiro atoms. The van der Waals surface area contributed by atoms with Crippen molar-refractivity contribution in [3.8, 4) is 0 Å². The predicted molar refractivity (Wildman–Crippen MR) is 94.3 cm³/mol. The average Bonchev–Trinajstić information content (AvgIpc) is 2.44. The predicted octanol–water partition coefficient (Wildman–Crippen LogP) is 7.68. The van der Waals surface area contributed by atoms with Crippen molar-refractivity contribution in [2.75, 3.05) is 0 Å². The molecule has 0 aliphatic rings. The molecule has 0 aliphatic carbocycles. The van der Waals surface area contributed by atoms with Crippen LogP contribution < -0.4 is 0 Å². The van der Waals surface area contributed by atoms with E-state index in [0.29, 0.717) is 0 Å². The third-order valence-electron chi connectivity index (χ3n) is 4.32. The number of rotatable bonds is 14. The average molecular weight is 281 g/mol. The summed E-state index contributed by atoms with van der Waals surface area (Å²) in [6.07, 6.45) is 20.6. The molecule has 0 N–H and O–H groups in total. The highest BCUT2D eigenvalue weighted by Crippen LogP contribution is 2.23. The van der Waals surface area contributed by atoms with Crippen LogP contribution in [0.5, 0.6) is 0 Å². The summed E-state index contributed by atoms with van der Waals surface area (Å²) in [6.45, 7) is 9.28. The Morgan fingerprint density at radius 2 is 1.40 bits per heavy atom. The Kier molecular flexibility index (Phi) is 14.9. The number of unbranched alkanes of at least 4 members (excludes halogenated alkanes) is 7. The van der Waals surface area contributed by atoms with Gasteiger partial charge < -0.3 is 0 Å². The van der Waals surface area contributed by atoms with Crippen LogP contribution in [0.4, 0.5) is 0 Å². The van der Waals surface area contributed by atoms with E-state index in [1.165, 1.54) is 83.5 Å². The van der Waals surface area contributed by atoms with Crippen LogP contribution in [-0.2, 0) is 0 Å². The smallest absolute Gasteiger partial charge is 0.0295 e. The van der Waals surface area contributed by atoms with Gasteiger partial charge >= 0.3 is 0 Å². The first-order chi connectivity index (χ1) is 9.74. The molecule has 0 saturated carbocycles. The van der Waals surface area contributed by atoms with Gasteiger partial charge in [0.15, 0.2) is 0 Å². The maximum absolute atomic E-state index is 2.52. The number of hydrogen-bond donors (Lipinski definition) is 0. The molecule has 20 heavy (non-hydrogen) atoms. The van der Waals surface area contributed by atoms with E-state index >= 15 is 0 Å². The van der Waals surface area contributed by atoms with Gasteiger partial charge in [0.25, 0.3) is 0 Å². The monoisotopic (exact) mass is 280 g/mol. The van der Waals surface area contributed by atoms with Crippen LogP contribution in [0.15, 0.2) is 11.6 Å². The molecular formula is C20H40. The van der Waals surface area contributed by atoms with E-state index < -0.39 is 0 Å². The molecule has 0 saturated heterocycles. The largest absolute Gasteiger partial charge is 0.0856 e. The quantitative estimate of drug-likeness (QED) is 0.226. The molecule has 0 aliphatic heterocycles. The van der Waals surface area contributed by atoms with Crippen LogP contribution in [-0.4, -0.2) is 0 Å². The summed E-state index contributed by atoms with van der Waals surface area (Å²) < 4.78 is 0. The third-order valence-corrected chi connectivity index (χ3v) is 4.32. The van der Waals surface area contributed by atoms with Crippen molar-refractivity contribution >= 4 is 0 Å². The zero-order valence-corrected chi connectivity index (χ0v) is 14.8. The molecule has 0 nitrogen and oxygen atoms in total. The minimum Gasteiger partial charge on any atom is -0.0856 e. The molecule has 0 aromatic heterocycles. The molecule has 0 rings (SSSR count). The first kappa shape index (κ1) is 19.7. The van der Waals surface area contributed by atoms with Crippen LogP contribution in [0.2, 0.25) is 0 Å². The fourth-order valence-corrected chi connectivity index (χ4v) is 3.06. The highest BCUT2D eigenvalue weighted by atomic mass is 14.1. The molecular weight excluding hydrogens is 240 g/mol. The van der Waals surface area contributed by atoms with Crippen molar-refractivity contribution in [3.63, 3.8) is 0 Å². The molecule has 0 bridgehead atoms. The zero-order chi connectivity index (χ0) is 15.1. The fourth-order valence-electron chi connectivity index (χ4n) is 3.06. The van der Waals surface area contributed by atoms with Crippen LogP contribution in [0.25, 0.3) is 0 Å². The molecule has 120 valence electrons. The van der Waals surface area contributed by atoms with Crippen LogP contribution in [0.3, 0.4) is 0 Å². The van der Waals surface area contributed by atoms with E-state index in [9.17, 15) is 0 Å². The van der Waals surface area contributed by atoms with Crippen LogP contribution in [0.1, 0.15) is 111 Å². The maximum Gasteiger partial charge on any atom is -0.0295 e. The second kappa shape index (κ2) is 15.1. The molecule has 1 unspecified atom stereocenters. The summed E-state index contributed by atoms with van der Waals surface area (Å²) in [5.41, 5.74) is 1.65. The lowest BCUT2D eigenvalue weighted by atomic mass is 9.90. The van der Waals surface area contributed by atoms with Gasteiger partial charge in [0.05, 0.1) is 0 Å². The van der Waals surface area contributed by atoms with Gasteiger partial charge in [-0.2, -0.15) is 0 Å². The molecule has 0 heteroatoms. The Hall–Kier alpha value is -0.260. The fraction of sp³-hybridized carbons (Fsp3) is 0.900. The van der Waals surface area contributed by atoms with Crippen molar-refractivity contribution in [2.45, 2.75) is 111 Å². The summed E-state index contributed by atoms with van der Waals surface area (Å²) in [5.74, 6) is 0.945. The zero-order valence-electron chi connectivity index (χ0n) is 14.8. The summed E-state index contributed by atoms with van der Waals surface area (Å²) in [4.78, 5) is 0. The van der Waals surface area contributed by atoms with Gasteiger partial charge in [0.2, 0.25) is 0 Å². The summed E-state index contributed by atoms with van der Waals surface area (Å²) in [5, 5.41) is 0. The van der Waals surface area contributed by atoms with Crippen molar-refractivity contribution < 1.29 is 0 Å². The Morgan fingerprint density at radius 3 is 2.05 bits per heavy atom. The second-order valence-corrected chi connectivity index (χ2v) is 6.61. The molecule has 0 aromatic carbocycles. The van der Waals surface area contributed by atoms with Gasteiger partial charge in [-0.1, -0.05) is 96.6 Å². The Balaban J connectivity index is 3.73. The van der Waals surface area contributed by atoms with Gasteiger partial charge in [-0.05, 0) is 32.1 Å². The third kappa shape index (κ3) is 12.8. The highest BCUT2D eigenvalue weighted by Gasteiger charge is 2.07. The van der Waals surface area contributed by atoms with Crippen molar-refractivity contribution in [3.05, 3.63) is 11.6 Å². The van der Waals surface area contributed by atoms with Gasteiger partial charge in [0.1, 0.15) is 0 Å². The highest BCUT2D eigenvalue weighted by molar-refractivity contribution is 4.99. The van der Waals surface area contributed by atoms with Crippen LogP contribution in [0, 0.1) is 5.92 Å². The first-order valence-corrected chi connectivity index (χ1v) is 9.40. The van der Waals surface area contributed by atoms with E-state index in [1.807, 2.05) is 0 Å². The SMILES string of the molecule is CCCCCCCCC=C(C)CC(CCC)CCCC. The molecule has 0 heterocycles. The lowest BCUT2D eigenvalue weighted by Gasteiger charge is -2.16. The van der Waals surface area contributed by atoms with E-state index in [0.717, 1.165) is 5.92 Å². The lowest BCUT2D eigenvalue weighted by Crippen LogP contribution is -2.01. The lowest BCUT2D eigenvalue weighted by molar-refractivity contribution is 0.425. The molecule has 0 radical (unpaired) electrons. The van der Waals surface area contributed by atoms with Gasteiger partial charge in [0, 0.05) is 0 Å². The van der Waals surface area contributed by atoms with Crippen molar-refractivity contribution in [1.29, 1.82) is 0 Å².